The number of nitrogens with zero attached hydrogens (tertiary/aromatic N) is 2. The van der Waals surface area contributed by atoms with Crippen LogP contribution in [-0.4, -0.2) is 22.7 Å². The molecule has 4 nitrogen and oxygen atoms in total. The SMILES string of the molecule is CCNC(Cc1nc(-c2cscc2C)no1)C(C)C. The van der Waals surface area contributed by atoms with Gasteiger partial charge in [-0.3, -0.25) is 0 Å². The third-order valence-electron chi connectivity index (χ3n) is 3.23. The molecule has 1 atom stereocenters. The van der Waals surface area contributed by atoms with Crippen LogP contribution in [0.4, 0.5) is 0 Å². The molecule has 1 unspecified atom stereocenters. The van der Waals surface area contributed by atoms with Crippen LogP contribution in [0, 0.1) is 12.8 Å². The summed E-state index contributed by atoms with van der Waals surface area (Å²) < 4.78 is 5.37. The molecular formula is C14H21N3OS. The molecule has 0 bridgehead atoms. The number of likely N-dealkylation sites (N-methyl/N-ethyl adjacent to an activating group) is 1. The van der Waals surface area contributed by atoms with Crippen molar-refractivity contribution in [1.82, 2.24) is 15.5 Å². The van der Waals surface area contributed by atoms with Crippen molar-refractivity contribution in [3.63, 3.8) is 0 Å². The second-order valence-corrected chi connectivity index (χ2v) is 5.84. The van der Waals surface area contributed by atoms with Crippen molar-refractivity contribution < 1.29 is 4.52 Å². The summed E-state index contributed by atoms with van der Waals surface area (Å²) in [5.41, 5.74) is 2.27. The third kappa shape index (κ3) is 3.42. The van der Waals surface area contributed by atoms with Crippen molar-refractivity contribution >= 4 is 11.3 Å². The van der Waals surface area contributed by atoms with Crippen molar-refractivity contribution in [3.8, 4) is 11.4 Å². The van der Waals surface area contributed by atoms with Crippen LogP contribution in [0.5, 0.6) is 0 Å². The first-order valence-corrected chi connectivity index (χ1v) is 7.65. The summed E-state index contributed by atoms with van der Waals surface area (Å²) >= 11 is 1.66. The normalized spacial score (nSPS) is 13.1. The molecule has 2 aromatic rings. The van der Waals surface area contributed by atoms with Gasteiger partial charge in [-0.1, -0.05) is 25.9 Å². The van der Waals surface area contributed by atoms with Crippen LogP contribution in [0.1, 0.15) is 32.2 Å². The highest BCUT2D eigenvalue weighted by molar-refractivity contribution is 7.08. The highest BCUT2D eigenvalue weighted by Crippen LogP contribution is 2.24. The van der Waals surface area contributed by atoms with E-state index in [1.165, 1.54) is 5.56 Å². The number of aryl methyl sites for hydroxylation is 1. The maximum atomic E-state index is 5.37. The minimum absolute atomic E-state index is 0.377. The lowest BCUT2D eigenvalue weighted by Gasteiger charge is -2.19. The first-order chi connectivity index (χ1) is 9.11. The predicted octanol–water partition coefficient (Wildman–Crippen LogP) is 3.28. The lowest BCUT2D eigenvalue weighted by Crippen LogP contribution is -2.35. The molecule has 2 rings (SSSR count). The summed E-state index contributed by atoms with van der Waals surface area (Å²) in [5.74, 6) is 1.95. The molecule has 5 heteroatoms. The molecule has 0 amide bonds. The first-order valence-electron chi connectivity index (χ1n) is 6.71. The second-order valence-electron chi connectivity index (χ2n) is 5.09. The van der Waals surface area contributed by atoms with Gasteiger partial charge in [0.2, 0.25) is 11.7 Å². The average Bonchev–Trinajstić information content (AvgIpc) is 2.97. The monoisotopic (exact) mass is 279 g/mol. The Labute approximate surface area is 118 Å². The van der Waals surface area contributed by atoms with Gasteiger partial charge in [0.1, 0.15) is 0 Å². The van der Waals surface area contributed by atoms with E-state index in [1.807, 2.05) is 0 Å². The molecule has 0 aliphatic heterocycles. The topological polar surface area (TPSA) is 51.0 Å². The number of hydrogen-bond donors (Lipinski definition) is 1. The van der Waals surface area contributed by atoms with Gasteiger partial charge in [-0.2, -0.15) is 16.3 Å². The number of nitrogens with one attached hydrogen (secondary N) is 1. The highest BCUT2D eigenvalue weighted by Gasteiger charge is 2.18. The molecule has 0 radical (unpaired) electrons. The summed E-state index contributed by atoms with van der Waals surface area (Å²) in [6, 6.07) is 0.377. The fraction of sp³-hybridized carbons (Fsp3) is 0.571. The van der Waals surface area contributed by atoms with Gasteiger partial charge in [0.05, 0.1) is 0 Å². The van der Waals surface area contributed by atoms with Crippen LogP contribution in [0.3, 0.4) is 0 Å². The molecule has 0 fully saturated rings. The summed E-state index contributed by atoms with van der Waals surface area (Å²) in [4.78, 5) is 4.51. The zero-order valence-electron chi connectivity index (χ0n) is 11.9. The Bertz CT molecular complexity index is 518. The quantitative estimate of drug-likeness (QED) is 0.881. The fourth-order valence-corrected chi connectivity index (χ4v) is 2.86. The van der Waals surface area contributed by atoms with Crippen LogP contribution in [0.15, 0.2) is 15.3 Å². The van der Waals surface area contributed by atoms with Gasteiger partial charge in [-0.15, -0.1) is 0 Å². The van der Waals surface area contributed by atoms with Crippen molar-refractivity contribution in [3.05, 3.63) is 22.2 Å². The zero-order valence-corrected chi connectivity index (χ0v) is 12.8. The van der Waals surface area contributed by atoms with E-state index in [9.17, 15) is 0 Å². The smallest absolute Gasteiger partial charge is 0.228 e. The van der Waals surface area contributed by atoms with Crippen molar-refractivity contribution in [2.75, 3.05) is 6.54 Å². The van der Waals surface area contributed by atoms with Crippen LogP contribution < -0.4 is 5.32 Å². The predicted molar refractivity (Wildman–Crippen MR) is 78.4 cm³/mol. The maximum Gasteiger partial charge on any atom is 0.228 e. The Morgan fingerprint density at radius 1 is 1.37 bits per heavy atom. The number of hydrogen-bond acceptors (Lipinski definition) is 5. The Morgan fingerprint density at radius 3 is 2.74 bits per heavy atom. The Morgan fingerprint density at radius 2 is 2.16 bits per heavy atom. The van der Waals surface area contributed by atoms with Crippen LogP contribution in [0.25, 0.3) is 11.4 Å². The Balaban J connectivity index is 2.11. The lowest BCUT2D eigenvalue weighted by atomic mass is 10.0. The van der Waals surface area contributed by atoms with Gasteiger partial charge in [-0.05, 0) is 30.3 Å². The summed E-state index contributed by atoms with van der Waals surface area (Å²) in [6.07, 6.45) is 0.779. The second kappa shape index (κ2) is 6.30. The standard InChI is InChI=1S/C14H21N3OS/c1-5-15-12(9(2)3)6-13-16-14(17-18-13)11-8-19-7-10(11)4/h7-9,12,15H,5-6H2,1-4H3. The molecule has 0 spiro atoms. The molecule has 19 heavy (non-hydrogen) atoms. The fourth-order valence-electron chi connectivity index (χ4n) is 2.03. The van der Waals surface area contributed by atoms with Crippen molar-refractivity contribution in [2.45, 2.75) is 40.2 Å². The van der Waals surface area contributed by atoms with E-state index in [4.69, 9.17) is 4.52 Å². The maximum absolute atomic E-state index is 5.37. The van der Waals surface area contributed by atoms with E-state index in [0.29, 0.717) is 23.7 Å². The highest BCUT2D eigenvalue weighted by atomic mass is 32.1. The molecular weight excluding hydrogens is 258 g/mol. The van der Waals surface area contributed by atoms with E-state index in [0.717, 1.165) is 18.5 Å². The minimum Gasteiger partial charge on any atom is -0.339 e. The summed E-state index contributed by atoms with van der Waals surface area (Å²) in [5, 5.41) is 11.7. The Kier molecular flexibility index (Phi) is 4.71. The van der Waals surface area contributed by atoms with Gasteiger partial charge >= 0.3 is 0 Å². The van der Waals surface area contributed by atoms with Crippen LogP contribution >= 0.6 is 11.3 Å². The van der Waals surface area contributed by atoms with Gasteiger partial charge in [0, 0.05) is 23.4 Å². The first kappa shape index (κ1) is 14.2. The number of thiophene rings is 1. The summed E-state index contributed by atoms with van der Waals surface area (Å²) in [6.45, 7) is 9.54. The molecule has 104 valence electrons. The van der Waals surface area contributed by atoms with E-state index < -0.39 is 0 Å². The van der Waals surface area contributed by atoms with Crippen molar-refractivity contribution in [1.29, 1.82) is 0 Å². The van der Waals surface area contributed by atoms with E-state index in [2.05, 4.69) is 53.9 Å². The van der Waals surface area contributed by atoms with Gasteiger partial charge in [0.25, 0.3) is 0 Å². The van der Waals surface area contributed by atoms with Crippen LogP contribution in [-0.2, 0) is 6.42 Å². The van der Waals surface area contributed by atoms with E-state index in [-0.39, 0.29) is 0 Å². The number of rotatable bonds is 6. The molecule has 0 saturated heterocycles. The molecule has 0 aliphatic carbocycles. The van der Waals surface area contributed by atoms with Gasteiger partial charge < -0.3 is 9.84 Å². The molecule has 0 aliphatic rings. The van der Waals surface area contributed by atoms with Gasteiger partial charge in [0.15, 0.2) is 0 Å². The molecule has 1 N–H and O–H groups in total. The van der Waals surface area contributed by atoms with E-state index >= 15 is 0 Å². The molecule has 2 heterocycles. The molecule has 0 aromatic carbocycles. The zero-order chi connectivity index (χ0) is 13.8. The summed E-state index contributed by atoms with van der Waals surface area (Å²) in [7, 11) is 0. The Hall–Kier alpha value is -1.20. The third-order valence-corrected chi connectivity index (χ3v) is 4.09. The van der Waals surface area contributed by atoms with Gasteiger partial charge in [-0.25, -0.2) is 0 Å². The molecule has 0 saturated carbocycles. The van der Waals surface area contributed by atoms with Crippen molar-refractivity contribution in [2.24, 2.45) is 5.92 Å². The minimum atomic E-state index is 0.377. The average molecular weight is 279 g/mol. The largest absolute Gasteiger partial charge is 0.339 e. The van der Waals surface area contributed by atoms with Crippen LogP contribution in [0.2, 0.25) is 0 Å². The molecule has 2 aromatic heterocycles. The van der Waals surface area contributed by atoms with E-state index in [1.54, 1.807) is 11.3 Å². The number of aromatic nitrogens is 2. The lowest BCUT2D eigenvalue weighted by molar-refractivity contribution is 0.329.